The van der Waals surface area contributed by atoms with E-state index in [1.54, 1.807) is 6.92 Å². The second-order valence-corrected chi connectivity index (χ2v) is 25.2. The van der Waals surface area contributed by atoms with Gasteiger partial charge in [-0.1, -0.05) is 94.8 Å². The zero-order valence-electron chi connectivity index (χ0n) is 49.1. The van der Waals surface area contributed by atoms with Crippen molar-refractivity contribution in [3.05, 3.63) is 101 Å². The minimum absolute atomic E-state index is 0.0513. The van der Waals surface area contributed by atoms with Gasteiger partial charge in [0.2, 0.25) is 0 Å². The molecule has 17 atom stereocenters. The molecule has 456 valence electrons. The fraction of sp³-hybridized carbons (Fsp3) is 0.615. The smallest absolute Gasteiger partial charge is 0.407 e. The van der Waals surface area contributed by atoms with E-state index in [4.69, 9.17) is 42.6 Å². The molecule has 2 saturated heterocycles. The van der Waals surface area contributed by atoms with Gasteiger partial charge >= 0.3 is 24.0 Å². The molecule has 84 heavy (non-hydrogen) atoms. The number of fused-ring (bicyclic) bond motifs is 8. The summed E-state index contributed by atoms with van der Waals surface area (Å²) in [5, 5.41) is 50.7. The Hall–Kier alpha value is -5.77. The Morgan fingerprint density at radius 1 is 0.774 bits per heavy atom. The lowest BCUT2D eigenvalue weighted by atomic mass is 9.46. The van der Waals surface area contributed by atoms with Gasteiger partial charge in [0.05, 0.1) is 44.5 Å². The normalized spacial score (nSPS) is 34.5. The third-order valence-corrected chi connectivity index (χ3v) is 20.0. The van der Waals surface area contributed by atoms with E-state index in [2.05, 4.69) is 25.2 Å². The van der Waals surface area contributed by atoms with Crippen LogP contribution >= 0.6 is 0 Å². The van der Waals surface area contributed by atoms with Crippen molar-refractivity contribution in [2.45, 2.75) is 179 Å². The molecule has 10 rings (SSSR count). The number of hydrogen-bond acceptors (Lipinski definition) is 18. The van der Waals surface area contributed by atoms with E-state index >= 15 is 0 Å². The van der Waals surface area contributed by atoms with Crippen LogP contribution < -0.4 is 10.1 Å². The van der Waals surface area contributed by atoms with Crippen LogP contribution in [-0.4, -0.2) is 151 Å². The lowest BCUT2D eigenvalue weighted by Gasteiger charge is -2.59. The van der Waals surface area contributed by atoms with Crippen molar-refractivity contribution in [2.24, 2.45) is 40.4 Å². The van der Waals surface area contributed by atoms with Crippen molar-refractivity contribution in [1.29, 1.82) is 0 Å². The van der Waals surface area contributed by atoms with E-state index < -0.39 is 109 Å². The number of aliphatic hydroxyl groups excluding tert-OH is 3. The Labute approximate surface area is 491 Å². The zero-order valence-corrected chi connectivity index (χ0v) is 49.1. The molecule has 3 saturated carbocycles. The van der Waals surface area contributed by atoms with Gasteiger partial charge in [-0.05, 0) is 127 Å². The maximum Gasteiger partial charge on any atom is 0.407 e. The lowest BCUT2D eigenvalue weighted by molar-refractivity contribution is -0.345. The largest absolute Gasteiger partial charge is 0.497 e. The summed E-state index contributed by atoms with van der Waals surface area (Å²) in [6.45, 7) is 10.4. The van der Waals surface area contributed by atoms with Crippen LogP contribution in [0.2, 0.25) is 0 Å². The first-order valence-electron chi connectivity index (χ1n) is 30.0. The first-order valence-corrected chi connectivity index (χ1v) is 30.0. The van der Waals surface area contributed by atoms with Crippen LogP contribution in [0.25, 0.3) is 11.1 Å². The maximum absolute atomic E-state index is 14.4. The van der Waals surface area contributed by atoms with E-state index in [0.717, 1.165) is 48.4 Å². The second kappa shape index (κ2) is 25.3. The maximum atomic E-state index is 14.4. The number of Topliss-reactive ketones (excluding diaryl/α,β-unsaturated/α-hetero) is 1. The number of esters is 3. The molecule has 5 fully saturated rings. The number of ether oxygens (including phenoxy) is 9. The second-order valence-electron chi connectivity index (χ2n) is 25.2. The van der Waals surface area contributed by atoms with Gasteiger partial charge in [-0.2, -0.15) is 0 Å². The summed E-state index contributed by atoms with van der Waals surface area (Å²) in [6.07, 6.45) is -7.43. The SMILES string of the molecule is COc1ccc(C(=O)OC2C(OC3C(O)COC(O[C@H]4C[C@H]5[C@@H]6CC=C7C[C@@H](O)CC[C@]7(C)C6CC[C@]5(C)[C@@]4(O)[C@H](C)C(=O)CCC(C)C)C3OC(C)=O)OCC(OC(=O)CCNC(=O)OCC3c4ccccc4-c4ccccc43)C2O)cc1. The highest BCUT2D eigenvalue weighted by Crippen LogP contribution is 2.69. The van der Waals surface area contributed by atoms with Gasteiger partial charge < -0.3 is 68.4 Å². The van der Waals surface area contributed by atoms with Crippen LogP contribution in [0.1, 0.15) is 133 Å². The molecular formula is C65H83NO18. The molecule has 2 aliphatic heterocycles. The molecule has 3 aromatic carbocycles. The third kappa shape index (κ3) is 11.9. The number of rotatable bonds is 19. The van der Waals surface area contributed by atoms with E-state index in [9.17, 15) is 44.4 Å². The molecule has 9 unspecified atom stereocenters. The van der Waals surface area contributed by atoms with Gasteiger partial charge in [0, 0.05) is 37.1 Å². The van der Waals surface area contributed by atoms with Gasteiger partial charge in [0.25, 0.3) is 0 Å². The summed E-state index contributed by atoms with van der Waals surface area (Å²) in [5.41, 5.74) is 2.89. The van der Waals surface area contributed by atoms with Crippen molar-refractivity contribution in [3.8, 4) is 16.9 Å². The number of carbonyl (C=O) groups excluding carboxylic acids is 5. The Morgan fingerprint density at radius 2 is 1.45 bits per heavy atom. The summed E-state index contributed by atoms with van der Waals surface area (Å²) < 4.78 is 54.2. The number of alkyl carbamates (subject to hydrolysis) is 1. The minimum atomic E-state index is -1.80. The average molecular weight is 1170 g/mol. The molecular weight excluding hydrogens is 1080 g/mol. The van der Waals surface area contributed by atoms with Crippen LogP contribution in [-0.2, 0) is 52.3 Å². The van der Waals surface area contributed by atoms with Crippen molar-refractivity contribution in [3.63, 3.8) is 0 Å². The van der Waals surface area contributed by atoms with E-state index in [0.29, 0.717) is 37.9 Å². The Bertz CT molecular complexity index is 2870. The number of aliphatic hydroxyl groups is 4. The number of amides is 1. The fourth-order valence-electron chi connectivity index (χ4n) is 15.3. The summed E-state index contributed by atoms with van der Waals surface area (Å²) in [5.74, 6) is -2.75. The molecule has 0 bridgehead atoms. The Kier molecular flexibility index (Phi) is 18.5. The van der Waals surface area contributed by atoms with E-state index in [1.807, 2.05) is 62.4 Å². The highest BCUT2D eigenvalue weighted by Gasteiger charge is 2.71. The molecule has 1 amide bonds. The highest BCUT2D eigenvalue weighted by atomic mass is 16.8. The van der Waals surface area contributed by atoms with Crippen LogP contribution in [0.5, 0.6) is 5.75 Å². The van der Waals surface area contributed by atoms with Gasteiger partial charge in [-0.25, -0.2) is 9.59 Å². The van der Waals surface area contributed by atoms with Crippen molar-refractivity contribution in [2.75, 3.05) is 33.5 Å². The van der Waals surface area contributed by atoms with E-state index in [-0.39, 0.29) is 78.4 Å². The third-order valence-electron chi connectivity index (χ3n) is 20.0. The Morgan fingerprint density at radius 3 is 2.13 bits per heavy atom. The number of allylic oxidation sites excluding steroid dienone is 1. The van der Waals surface area contributed by atoms with Crippen LogP contribution in [0.3, 0.4) is 0 Å². The number of methoxy groups -OCH3 is 1. The van der Waals surface area contributed by atoms with Gasteiger partial charge in [0.1, 0.15) is 42.1 Å². The molecule has 7 aliphatic rings. The topological polar surface area (TPSA) is 261 Å². The minimum Gasteiger partial charge on any atom is -0.497 e. The standard InChI is InChI=1S/C65H83NO18/c1-35(2)16-23-50(69)36(3)65(75)53(31-49-46-22-19-39-30-40(68)24-27-63(39,5)48(46)25-28-64(49,65)6)82-61-58(80-37(4)67)56(51(70)33-77-61)84-60-57(83-59(73)38-17-20-41(76-7)21-18-38)55(72)52(34-78-60)81-54(71)26-29-66-62(74)79-32-47-44-14-10-8-12-42(44)43-13-9-11-15-45(43)47/h8-15,17-21,35-36,40,46-49,51-53,55-58,60-61,68,70,72,75H,16,22-34H2,1-7H3,(H,66,74)/t36-,40+,46-,48?,49+,51?,52?,53+,55?,56?,57?,58?,60?,61?,63+,64+,65-/m1/s1. The first kappa shape index (κ1) is 61.3. The summed E-state index contributed by atoms with van der Waals surface area (Å²) in [7, 11) is 1.46. The molecule has 5 N–H and O–H groups in total. The van der Waals surface area contributed by atoms with Gasteiger partial charge in [-0.3, -0.25) is 14.4 Å². The first-order chi connectivity index (χ1) is 40.1. The molecule has 2 heterocycles. The highest BCUT2D eigenvalue weighted by molar-refractivity contribution is 5.89. The molecule has 0 aromatic heterocycles. The molecule has 3 aromatic rings. The number of nitrogens with one attached hydrogen (secondary N) is 1. The summed E-state index contributed by atoms with van der Waals surface area (Å²) in [6, 6.07) is 21.8. The molecule has 5 aliphatic carbocycles. The lowest BCUT2D eigenvalue weighted by Crippen LogP contribution is -2.64. The van der Waals surface area contributed by atoms with Crippen LogP contribution in [0, 0.1) is 40.4 Å². The quantitative estimate of drug-likeness (QED) is 0.0442. The molecule has 0 radical (unpaired) electrons. The molecule has 0 spiro atoms. The Balaban J connectivity index is 0.852. The zero-order chi connectivity index (χ0) is 59.8. The summed E-state index contributed by atoms with van der Waals surface area (Å²) in [4.78, 5) is 67.8. The number of ketones is 1. The van der Waals surface area contributed by atoms with Crippen LogP contribution in [0.4, 0.5) is 4.79 Å². The molecule has 19 nitrogen and oxygen atoms in total. The number of benzene rings is 3. The number of hydrogen-bond donors (Lipinski definition) is 5. The monoisotopic (exact) mass is 1170 g/mol. The average Bonchev–Trinajstić information content (AvgIpc) is 1.48. The molecule has 19 heteroatoms. The van der Waals surface area contributed by atoms with Gasteiger partial charge in [-0.15, -0.1) is 0 Å². The van der Waals surface area contributed by atoms with Crippen molar-refractivity contribution >= 4 is 29.8 Å². The predicted octanol–water partition coefficient (Wildman–Crippen LogP) is 7.50. The van der Waals surface area contributed by atoms with Crippen molar-refractivity contribution < 1.29 is 87.0 Å². The summed E-state index contributed by atoms with van der Waals surface area (Å²) >= 11 is 0. The van der Waals surface area contributed by atoms with Crippen LogP contribution in [0.15, 0.2) is 84.4 Å². The fourth-order valence-corrected chi connectivity index (χ4v) is 15.3. The van der Waals surface area contributed by atoms with Crippen molar-refractivity contribution in [1.82, 2.24) is 5.32 Å². The number of carbonyl (C=O) groups is 5. The predicted molar refractivity (Wildman–Crippen MR) is 303 cm³/mol. The van der Waals surface area contributed by atoms with E-state index in [1.165, 1.54) is 36.9 Å². The van der Waals surface area contributed by atoms with Gasteiger partial charge in [0.15, 0.2) is 30.9 Å².